The topological polar surface area (TPSA) is 92.3 Å². The summed E-state index contributed by atoms with van der Waals surface area (Å²) in [4.78, 5) is 21.6. The number of nitrogens with zero attached hydrogens (tertiary/aromatic N) is 3. The van der Waals surface area contributed by atoms with E-state index in [0.717, 1.165) is 12.8 Å². The van der Waals surface area contributed by atoms with E-state index >= 15 is 0 Å². The Morgan fingerprint density at radius 3 is 2.65 bits per heavy atom. The predicted molar refractivity (Wildman–Crippen MR) is 62.2 cm³/mol. The molecule has 6 nitrogen and oxygen atoms in total. The maximum Gasteiger partial charge on any atom is 0.274 e. The van der Waals surface area contributed by atoms with Crippen LogP contribution in [0.15, 0.2) is 12.4 Å². The number of nitrogens with two attached hydrogens (primary N) is 1. The Bertz CT molecular complexity index is 385. The summed E-state index contributed by atoms with van der Waals surface area (Å²) in [5, 5.41) is 9.02. The van der Waals surface area contributed by atoms with Crippen LogP contribution in [0.5, 0.6) is 0 Å². The number of nitrogen functional groups attached to an aromatic ring is 1. The molecule has 1 aromatic heterocycles. The molecule has 3 N–H and O–H groups in total. The molecule has 0 radical (unpaired) electrons. The fourth-order valence-corrected chi connectivity index (χ4v) is 1.93. The summed E-state index contributed by atoms with van der Waals surface area (Å²) in [5.41, 5.74) is 5.74. The van der Waals surface area contributed by atoms with Crippen molar-refractivity contribution in [2.75, 3.05) is 25.4 Å². The molecule has 0 unspecified atom stereocenters. The Balaban J connectivity index is 1.99. The van der Waals surface area contributed by atoms with Crippen molar-refractivity contribution in [1.29, 1.82) is 0 Å². The highest BCUT2D eigenvalue weighted by Gasteiger charge is 2.23. The van der Waals surface area contributed by atoms with Gasteiger partial charge in [-0.05, 0) is 18.8 Å². The number of hydrogen-bond acceptors (Lipinski definition) is 5. The van der Waals surface area contributed by atoms with Crippen LogP contribution in [0, 0.1) is 5.92 Å². The number of aliphatic hydroxyl groups excluding tert-OH is 1. The van der Waals surface area contributed by atoms with Crippen LogP contribution in [-0.4, -0.2) is 45.6 Å². The molecule has 0 aliphatic carbocycles. The molecule has 2 heterocycles. The normalized spacial score (nSPS) is 17.1. The predicted octanol–water partition coefficient (Wildman–Crippen LogP) is -0.0967. The zero-order chi connectivity index (χ0) is 12.3. The van der Waals surface area contributed by atoms with Crippen LogP contribution in [0.4, 0.5) is 5.82 Å². The Morgan fingerprint density at radius 1 is 1.41 bits per heavy atom. The van der Waals surface area contributed by atoms with Gasteiger partial charge in [-0.3, -0.25) is 4.79 Å². The molecule has 1 aliphatic rings. The van der Waals surface area contributed by atoms with E-state index in [9.17, 15) is 4.79 Å². The molecule has 92 valence electrons. The van der Waals surface area contributed by atoms with E-state index in [-0.39, 0.29) is 12.5 Å². The summed E-state index contributed by atoms with van der Waals surface area (Å²) in [6.45, 7) is 1.52. The van der Waals surface area contributed by atoms with Crippen molar-refractivity contribution in [3.8, 4) is 0 Å². The number of hydrogen-bond donors (Lipinski definition) is 2. The summed E-state index contributed by atoms with van der Waals surface area (Å²) in [6, 6.07) is 0. The van der Waals surface area contributed by atoms with Gasteiger partial charge in [-0.25, -0.2) is 9.97 Å². The van der Waals surface area contributed by atoms with E-state index in [1.165, 1.54) is 12.4 Å². The van der Waals surface area contributed by atoms with E-state index < -0.39 is 0 Å². The van der Waals surface area contributed by atoms with E-state index in [1.807, 2.05) is 0 Å². The summed E-state index contributed by atoms with van der Waals surface area (Å²) in [7, 11) is 0. The van der Waals surface area contributed by atoms with Gasteiger partial charge in [-0.2, -0.15) is 0 Å². The average molecular weight is 236 g/mol. The largest absolute Gasteiger partial charge is 0.396 e. The molecule has 0 atom stereocenters. The van der Waals surface area contributed by atoms with Gasteiger partial charge in [0.15, 0.2) is 0 Å². The number of likely N-dealkylation sites (tertiary alicyclic amines) is 1. The number of aliphatic hydroxyl groups is 1. The lowest BCUT2D eigenvalue weighted by Gasteiger charge is -2.30. The van der Waals surface area contributed by atoms with Gasteiger partial charge in [0.05, 0.1) is 12.4 Å². The molecule has 2 rings (SSSR count). The first-order valence-corrected chi connectivity index (χ1v) is 5.68. The number of piperidine rings is 1. The molecule has 1 amide bonds. The van der Waals surface area contributed by atoms with E-state index in [2.05, 4.69) is 9.97 Å². The smallest absolute Gasteiger partial charge is 0.274 e. The van der Waals surface area contributed by atoms with Gasteiger partial charge in [0.25, 0.3) is 5.91 Å². The second-order valence-corrected chi connectivity index (χ2v) is 4.24. The maximum absolute atomic E-state index is 12.0. The lowest BCUT2D eigenvalue weighted by molar-refractivity contribution is 0.0644. The second kappa shape index (κ2) is 5.09. The standard InChI is InChI=1S/C11H16N4O2/c12-10-6-13-9(5-14-10)11(17)15-3-1-8(7-16)2-4-15/h5-6,8,16H,1-4,7H2,(H2,12,14). The first-order chi connectivity index (χ1) is 8.20. The third kappa shape index (κ3) is 2.71. The highest BCUT2D eigenvalue weighted by atomic mass is 16.3. The van der Waals surface area contributed by atoms with Crippen molar-refractivity contribution in [3.05, 3.63) is 18.1 Å². The minimum atomic E-state index is -0.117. The first-order valence-electron chi connectivity index (χ1n) is 5.68. The number of carbonyl (C=O) groups is 1. The fraction of sp³-hybridized carbons (Fsp3) is 0.545. The summed E-state index contributed by atoms with van der Waals surface area (Å²) in [5.74, 6) is 0.506. The van der Waals surface area contributed by atoms with Gasteiger partial charge in [0, 0.05) is 19.7 Å². The van der Waals surface area contributed by atoms with Crippen LogP contribution in [-0.2, 0) is 0 Å². The summed E-state index contributed by atoms with van der Waals surface area (Å²) in [6.07, 6.45) is 4.46. The number of aromatic nitrogens is 2. The Labute approximate surface area is 99.5 Å². The van der Waals surface area contributed by atoms with Crippen LogP contribution < -0.4 is 5.73 Å². The summed E-state index contributed by atoms with van der Waals surface area (Å²) >= 11 is 0. The number of amides is 1. The Kier molecular flexibility index (Phi) is 3.53. The van der Waals surface area contributed by atoms with Crippen molar-refractivity contribution in [1.82, 2.24) is 14.9 Å². The molecular weight excluding hydrogens is 220 g/mol. The average Bonchev–Trinajstić information content (AvgIpc) is 2.39. The molecule has 0 aromatic carbocycles. The molecular formula is C11H16N4O2. The van der Waals surface area contributed by atoms with Crippen molar-refractivity contribution < 1.29 is 9.90 Å². The van der Waals surface area contributed by atoms with Gasteiger partial charge < -0.3 is 15.7 Å². The molecule has 1 aromatic rings. The number of carbonyl (C=O) groups excluding carboxylic acids is 1. The molecule has 1 aliphatic heterocycles. The van der Waals surface area contributed by atoms with Gasteiger partial charge in [-0.15, -0.1) is 0 Å². The molecule has 1 saturated heterocycles. The van der Waals surface area contributed by atoms with Crippen LogP contribution in [0.25, 0.3) is 0 Å². The van der Waals surface area contributed by atoms with Crippen molar-refractivity contribution in [3.63, 3.8) is 0 Å². The third-order valence-electron chi connectivity index (χ3n) is 3.05. The van der Waals surface area contributed by atoms with Gasteiger partial charge in [0.1, 0.15) is 11.5 Å². The minimum absolute atomic E-state index is 0.117. The quantitative estimate of drug-likeness (QED) is 0.748. The highest BCUT2D eigenvalue weighted by molar-refractivity contribution is 5.92. The fourth-order valence-electron chi connectivity index (χ4n) is 1.93. The van der Waals surface area contributed by atoms with Crippen LogP contribution in [0.1, 0.15) is 23.3 Å². The third-order valence-corrected chi connectivity index (χ3v) is 3.05. The SMILES string of the molecule is Nc1cnc(C(=O)N2CCC(CO)CC2)cn1. The minimum Gasteiger partial charge on any atom is -0.396 e. The van der Waals surface area contributed by atoms with Crippen LogP contribution >= 0.6 is 0 Å². The lowest BCUT2D eigenvalue weighted by Crippen LogP contribution is -2.39. The molecule has 17 heavy (non-hydrogen) atoms. The monoisotopic (exact) mass is 236 g/mol. The van der Waals surface area contributed by atoms with Gasteiger partial charge in [0.2, 0.25) is 0 Å². The zero-order valence-corrected chi connectivity index (χ0v) is 9.54. The molecule has 0 saturated carbocycles. The van der Waals surface area contributed by atoms with Crippen molar-refractivity contribution in [2.45, 2.75) is 12.8 Å². The molecule has 1 fully saturated rings. The van der Waals surface area contributed by atoms with Gasteiger partial charge in [-0.1, -0.05) is 0 Å². The lowest BCUT2D eigenvalue weighted by atomic mass is 9.98. The van der Waals surface area contributed by atoms with Gasteiger partial charge >= 0.3 is 0 Å². The first kappa shape index (κ1) is 11.8. The summed E-state index contributed by atoms with van der Waals surface area (Å²) < 4.78 is 0. The second-order valence-electron chi connectivity index (χ2n) is 4.24. The van der Waals surface area contributed by atoms with Crippen molar-refractivity contribution >= 4 is 11.7 Å². The Morgan fingerprint density at radius 2 is 2.12 bits per heavy atom. The number of rotatable bonds is 2. The van der Waals surface area contributed by atoms with E-state index in [4.69, 9.17) is 10.8 Å². The molecule has 0 spiro atoms. The molecule has 6 heteroatoms. The number of anilines is 1. The molecule has 0 bridgehead atoms. The van der Waals surface area contributed by atoms with E-state index in [1.54, 1.807) is 4.90 Å². The van der Waals surface area contributed by atoms with Crippen molar-refractivity contribution in [2.24, 2.45) is 5.92 Å². The zero-order valence-electron chi connectivity index (χ0n) is 9.54. The van der Waals surface area contributed by atoms with Crippen LogP contribution in [0.3, 0.4) is 0 Å². The van der Waals surface area contributed by atoms with E-state index in [0.29, 0.717) is 30.5 Å². The Hall–Kier alpha value is -1.69. The highest BCUT2D eigenvalue weighted by Crippen LogP contribution is 2.17. The van der Waals surface area contributed by atoms with Crippen LogP contribution in [0.2, 0.25) is 0 Å². The maximum atomic E-state index is 12.0.